The molecule has 1 aliphatic heterocycles. The largest absolute Gasteiger partial charge is 0.399 e. The third-order valence-corrected chi connectivity index (χ3v) is 2.15. The fourth-order valence-corrected chi connectivity index (χ4v) is 1.36. The Morgan fingerprint density at radius 3 is 2.50 bits per heavy atom. The van der Waals surface area contributed by atoms with Crippen molar-refractivity contribution < 1.29 is 4.79 Å². The van der Waals surface area contributed by atoms with Gasteiger partial charge in [-0.25, -0.2) is 5.43 Å². The highest BCUT2D eigenvalue weighted by molar-refractivity contribution is 6.04. The highest BCUT2D eigenvalue weighted by Crippen LogP contribution is 2.11. The quantitative estimate of drug-likeness (QED) is 0.644. The number of hydrazone groups is 1. The van der Waals surface area contributed by atoms with E-state index in [0.717, 1.165) is 17.0 Å². The van der Waals surface area contributed by atoms with Crippen molar-refractivity contribution in [1.82, 2.24) is 5.43 Å². The van der Waals surface area contributed by atoms with Crippen molar-refractivity contribution in [3.8, 4) is 0 Å². The third kappa shape index (κ3) is 1.74. The van der Waals surface area contributed by atoms with E-state index in [1.165, 1.54) is 0 Å². The standard InChI is InChI=1S/C10H11N3O/c11-8-3-1-7(2-4-8)9-5-6-10(14)13-12-9/h1-4H,5-6,11H2,(H,13,14). The van der Waals surface area contributed by atoms with Crippen LogP contribution in [0, 0.1) is 0 Å². The second kappa shape index (κ2) is 3.49. The molecular formula is C10H11N3O. The number of nitrogens with zero attached hydrogens (tertiary/aromatic N) is 1. The summed E-state index contributed by atoms with van der Waals surface area (Å²) in [5, 5.41) is 3.99. The van der Waals surface area contributed by atoms with Gasteiger partial charge >= 0.3 is 0 Å². The number of carbonyl (C=O) groups excluding carboxylic acids is 1. The summed E-state index contributed by atoms with van der Waals surface area (Å²) in [7, 11) is 0. The minimum atomic E-state index is -0.0239. The van der Waals surface area contributed by atoms with Gasteiger partial charge in [0.2, 0.25) is 5.91 Å². The zero-order chi connectivity index (χ0) is 9.97. The summed E-state index contributed by atoms with van der Waals surface area (Å²) in [5.41, 5.74) is 10.7. The van der Waals surface area contributed by atoms with Crippen LogP contribution in [0.5, 0.6) is 0 Å². The van der Waals surface area contributed by atoms with Crippen LogP contribution >= 0.6 is 0 Å². The number of benzene rings is 1. The molecule has 0 aromatic heterocycles. The second-order valence-electron chi connectivity index (χ2n) is 3.22. The van der Waals surface area contributed by atoms with Gasteiger partial charge in [0, 0.05) is 18.5 Å². The maximum absolute atomic E-state index is 10.9. The van der Waals surface area contributed by atoms with Gasteiger partial charge < -0.3 is 5.73 Å². The number of nitrogens with two attached hydrogens (primary N) is 1. The molecule has 14 heavy (non-hydrogen) atoms. The van der Waals surface area contributed by atoms with Crippen molar-refractivity contribution >= 4 is 17.3 Å². The Bertz CT molecular complexity index is 381. The van der Waals surface area contributed by atoms with Gasteiger partial charge in [-0.3, -0.25) is 4.79 Å². The van der Waals surface area contributed by atoms with Crippen LogP contribution in [-0.2, 0) is 4.79 Å². The smallest absolute Gasteiger partial charge is 0.240 e. The number of nitrogen functional groups attached to an aromatic ring is 1. The molecule has 0 radical (unpaired) electrons. The van der Waals surface area contributed by atoms with Gasteiger partial charge in [0.1, 0.15) is 0 Å². The fourth-order valence-electron chi connectivity index (χ4n) is 1.36. The molecule has 0 unspecified atom stereocenters. The number of hydrogen-bond donors (Lipinski definition) is 2. The Hall–Kier alpha value is -1.84. The van der Waals surface area contributed by atoms with Crippen LogP contribution < -0.4 is 11.2 Å². The molecule has 3 N–H and O–H groups in total. The topological polar surface area (TPSA) is 67.5 Å². The summed E-state index contributed by atoms with van der Waals surface area (Å²) < 4.78 is 0. The van der Waals surface area contributed by atoms with Crippen LogP contribution in [0.3, 0.4) is 0 Å². The highest BCUT2D eigenvalue weighted by atomic mass is 16.2. The lowest BCUT2D eigenvalue weighted by atomic mass is 10.0. The van der Waals surface area contributed by atoms with Crippen molar-refractivity contribution in [3.63, 3.8) is 0 Å². The first-order chi connectivity index (χ1) is 6.75. The summed E-state index contributed by atoms with van der Waals surface area (Å²) in [5.74, 6) is -0.0239. The molecule has 1 aliphatic rings. The summed E-state index contributed by atoms with van der Waals surface area (Å²) in [4.78, 5) is 10.9. The summed E-state index contributed by atoms with van der Waals surface area (Å²) >= 11 is 0. The molecule has 0 atom stereocenters. The van der Waals surface area contributed by atoms with E-state index >= 15 is 0 Å². The normalized spacial score (nSPS) is 16.0. The number of hydrogen-bond acceptors (Lipinski definition) is 3. The Balaban J connectivity index is 2.23. The first kappa shape index (κ1) is 8.74. The lowest BCUT2D eigenvalue weighted by Crippen LogP contribution is -2.25. The Morgan fingerprint density at radius 2 is 1.93 bits per heavy atom. The average molecular weight is 189 g/mol. The second-order valence-corrected chi connectivity index (χ2v) is 3.22. The SMILES string of the molecule is Nc1ccc(C2=NNC(=O)CC2)cc1. The first-order valence-corrected chi connectivity index (χ1v) is 4.47. The van der Waals surface area contributed by atoms with E-state index in [4.69, 9.17) is 5.73 Å². The van der Waals surface area contributed by atoms with E-state index in [1.807, 2.05) is 24.3 Å². The molecule has 0 saturated carbocycles. The number of carbonyl (C=O) groups is 1. The number of rotatable bonds is 1. The zero-order valence-corrected chi connectivity index (χ0v) is 7.66. The van der Waals surface area contributed by atoms with Crippen LogP contribution in [-0.4, -0.2) is 11.6 Å². The zero-order valence-electron chi connectivity index (χ0n) is 7.66. The van der Waals surface area contributed by atoms with Gasteiger partial charge in [0.25, 0.3) is 0 Å². The van der Waals surface area contributed by atoms with Gasteiger partial charge in [0.15, 0.2) is 0 Å². The van der Waals surface area contributed by atoms with E-state index in [9.17, 15) is 4.79 Å². The lowest BCUT2D eigenvalue weighted by Gasteiger charge is -2.11. The van der Waals surface area contributed by atoms with Gasteiger partial charge in [0.05, 0.1) is 5.71 Å². The molecule has 2 rings (SSSR count). The Labute approximate surface area is 81.8 Å². The number of nitrogens with one attached hydrogen (secondary N) is 1. The molecule has 0 fully saturated rings. The van der Waals surface area contributed by atoms with E-state index in [0.29, 0.717) is 12.8 Å². The molecule has 0 spiro atoms. The van der Waals surface area contributed by atoms with Gasteiger partial charge in [-0.1, -0.05) is 12.1 Å². The molecule has 72 valence electrons. The predicted octanol–water partition coefficient (Wildman–Crippen LogP) is 0.883. The molecule has 1 aromatic rings. The van der Waals surface area contributed by atoms with Gasteiger partial charge in [-0.2, -0.15) is 5.10 Å². The maximum Gasteiger partial charge on any atom is 0.240 e. The number of amides is 1. The minimum Gasteiger partial charge on any atom is -0.399 e. The Kier molecular flexibility index (Phi) is 2.18. The van der Waals surface area contributed by atoms with E-state index in [1.54, 1.807) is 0 Å². The number of anilines is 1. The van der Waals surface area contributed by atoms with Crippen molar-refractivity contribution in [1.29, 1.82) is 0 Å². The van der Waals surface area contributed by atoms with Crippen LogP contribution in [0.1, 0.15) is 18.4 Å². The summed E-state index contributed by atoms with van der Waals surface area (Å²) in [6.45, 7) is 0. The first-order valence-electron chi connectivity index (χ1n) is 4.47. The van der Waals surface area contributed by atoms with Crippen molar-refractivity contribution in [3.05, 3.63) is 29.8 Å². The van der Waals surface area contributed by atoms with E-state index in [-0.39, 0.29) is 5.91 Å². The summed E-state index contributed by atoms with van der Waals surface area (Å²) in [6.07, 6.45) is 1.19. The molecular weight excluding hydrogens is 178 g/mol. The van der Waals surface area contributed by atoms with E-state index in [2.05, 4.69) is 10.5 Å². The summed E-state index contributed by atoms with van der Waals surface area (Å²) in [6, 6.07) is 7.47. The van der Waals surface area contributed by atoms with Crippen LogP contribution in [0.25, 0.3) is 0 Å². The van der Waals surface area contributed by atoms with Crippen molar-refractivity contribution in [2.75, 3.05) is 5.73 Å². The third-order valence-electron chi connectivity index (χ3n) is 2.15. The van der Waals surface area contributed by atoms with Crippen molar-refractivity contribution in [2.24, 2.45) is 5.10 Å². The average Bonchev–Trinajstić information content (AvgIpc) is 2.21. The molecule has 4 nitrogen and oxygen atoms in total. The predicted molar refractivity (Wildman–Crippen MR) is 54.8 cm³/mol. The highest BCUT2D eigenvalue weighted by Gasteiger charge is 2.12. The van der Waals surface area contributed by atoms with Crippen LogP contribution in [0.4, 0.5) is 5.69 Å². The molecule has 1 heterocycles. The molecule has 0 aliphatic carbocycles. The van der Waals surface area contributed by atoms with Gasteiger partial charge in [-0.15, -0.1) is 0 Å². The van der Waals surface area contributed by atoms with Crippen LogP contribution in [0.15, 0.2) is 29.4 Å². The molecule has 4 heteroatoms. The fraction of sp³-hybridized carbons (Fsp3) is 0.200. The van der Waals surface area contributed by atoms with Crippen molar-refractivity contribution in [2.45, 2.75) is 12.8 Å². The molecule has 1 aromatic carbocycles. The monoisotopic (exact) mass is 189 g/mol. The van der Waals surface area contributed by atoms with Gasteiger partial charge in [-0.05, 0) is 17.7 Å². The Morgan fingerprint density at radius 1 is 1.21 bits per heavy atom. The molecule has 0 bridgehead atoms. The maximum atomic E-state index is 10.9. The molecule has 1 amide bonds. The minimum absolute atomic E-state index is 0.0239. The lowest BCUT2D eigenvalue weighted by molar-refractivity contribution is -0.121. The van der Waals surface area contributed by atoms with Crippen LogP contribution in [0.2, 0.25) is 0 Å². The van der Waals surface area contributed by atoms with E-state index < -0.39 is 0 Å². The molecule has 0 saturated heterocycles.